The van der Waals surface area contributed by atoms with Gasteiger partial charge in [0.25, 0.3) is 0 Å². The molecule has 5 rings (SSSR count). The normalized spacial score (nSPS) is 10.8. The first kappa shape index (κ1) is 18.7. The minimum Gasteiger partial charge on any atom is -0.310 e. The fraction of sp³-hybridized carbons (Fsp3) is 0. The Bertz CT molecular complexity index is 1260. The van der Waals surface area contributed by atoms with E-state index in [-0.39, 0.29) is 0 Å². The molecule has 0 radical (unpaired) electrons. The number of halogens is 1. The Morgan fingerprint density at radius 2 is 0.967 bits per heavy atom. The van der Waals surface area contributed by atoms with Gasteiger partial charge in [-0.1, -0.05) is 101 Å². The largest absolute Gasteiger partial charge is 0.310 e. The molecule has 0 bridgehead atoms. The number of hydrogen-bond donors (Lipinski definition) is 0. The molecule has 0 saturated carbocycles. The fourth-order valence-corrected chi connectivity index (χ4v) is 4.47. The van der Waals surface area contributed by atoms with E-state index < -0.39 is 0 Å². The van der Waals surface area contributed by atoms with E-state index in [1.54, 1.807) is 0 Å². The summed E-state index contributed by atoms with van der Waals surface area (Å²) >= 11 is 3.73. The summed E-state index contributed by atoms with van der Waals surface area (Å²) in [7, 11) is 0. The quantitative estimate of drug-likeness (QED) is 0.265. The van der Waals surface area contributed by atoms with Crippen LogP contribution in [0.25, 0.3) is 21.9 Å². The summed E-state index contributed by atoms with van der Waals surface area (Å²) < 4.78 is 1.10. The minimum atomic E-state index is 1.10. The van der Waals surface area contributed by atoms with Crippen LogP contribution in [0.3, 0.4) is 0 Å². The third-order valence-electron chi connectivity index (χ3n) is 5.33. The van der Waals surface area contributed by atoms with Crippen LogP contribution in [0.4, 0.5) is 17.1 Å². The lowest BCUT2D eigenvalue weighted by Crippen LogP contribution is -2.10. The molecule has 0 N–H and O–H groups in total. The van der Waals surface area contributed by atoms with E-state index in [2.05, 4.69) is 142 Å². The number of hydrogen-bond acceptors (Lipinski definition) is 1. The molecule has 0 unspecified atom stereocenters. The molecule has 0 amide bonds. The zero-order valence-corrected chi connectivity index (χ0v) is 18.0. The van der Waals surface area contributed by atoms with Crippen molar-refractivity contribution in [3.05, 3.63) is 126 Å². The van der Waals surface area contributed by atoms with Crippen molar-refractivity contribution in [2.45, 2.75) is 0 Å². The van der Waals surface area contributed by atoms with Crippen LogP contribution < -0.4 is 4.90 Å². The van der Waals surface area contributed by atoms with E-state index in [0.29, 0.717) is 0 Å². The van der Waals surface area contributed by atoms with Gasteiger partial charge in [0.2, 0.25) is 0 Å². The Balaban J connectivity index is 1.78. The Morgan fingerprint density at radius 3 is 1.60 bits per heavy atom. The maximum Gasteiger partial charge on any atom is 0.0540 e. The molecule has 1 nitrogen and oxygen atoms in total. The van der Waals surface area contributed by atoms with Crippen molar-refractivity contribution in [2.75, 3.05) is 4.90 Å². The number of benzene rings is 5. The predicted octanol–water partition coefficient (Wildman–Crippen LogP) is 8.74. The van der Waals surface area contributed by atoms with Gasteiger partial charge < -0.3 is 4.90 Å². The van der Waals surface area contributed by atoms with Crippen LogP contribution in [0.5, 0.6) is 0 Å². The number of nitrogens with zero attached hydrogens (tertiary/aromatic N) is 1. The molecular formula is C28H20BrN. The fourth-order valence-electron chi connectivity index (χ4n) is 3.97. The molecule has 144 valence electrons. The van der Waals surface area contributed by atoms with E-state index in [4.69, 9.17) is 0 Å². The molecule has 0 aliphatic carbocycles. The van der Waals surface area contributed by atoms with Crippen LogP contribution in [0, 0.1) is 0 Å². The van der Waals surface area contributed by atoms with Crippen molar-refractivity contribution in [3.63, 3.8) is 0 Å². The molecule has 0 atom stereocenters. The maximum absolute atomic E-state index is 3.73. The highest BCUT2D eigenvalue weighted by Crippen LogP contribution is 2.42. The van der Waals surface area contributed by atoms with Crippen molar-refractivity contribution in [1.29, 1.82) is 0 Å². The standard InChI is InChI=1S/C28H20BrN/c29-27-18-10-9-16-25(27)24-19-20-28(26-17-8-7-15-23(24)26)30(21-11-3-1-4-12-21)22-13-5-2-6-14-22/h1-20H. The Kier molecular flexibility index (Phi) is 5.08. The first-order valence-electron chi connectivity index (χ1n) is 10.00. The average Bonchev–Trinajstić information content (AvgIpc) is 2.81. The van der Waals surface area contributed by atoms with Gasteiger partial charge in [0.1, 0.15) is 0 Å². The summed E-state index contributed by atoms with van der Waals surface area (Å²) in [4.78, 5) is 2.33. The van der Waals surface area contributed by atoms with Crippen molar-refractivity contribution in [1.82, 2.24) is 0 Å². The van der Waals surface area contributed by atoms with Crippen LogP contribution in [0.1, 0.15) is 0 Å². The van der Waals surface area contributed by atoms with Gasteiger partial charge in [0.05, 0.1) is 5.69 Å². The number of para-hydroxylation sites is 2. The van der Waals surface area contributed by atoms with Crippen molar-refractivity contribution >= 4 is 43.8 Å². The molecule has 0 saturated heterocycles. The molecule has 0 spiro atoms. The van der Waals surface area contributed by atoms with Gasteiger partial charge >= 0.3 is 0 Å². The Morgan fingerprint density at radius 1 is 0.433 bits per heavy atom. The summed E-state index contributed by atoms with van der Waals surface area (Å²) in [6.07, 6.45) is 0. The van der Waals surface area contributed by atoms with Crippen molar-refractivity contribution < 1.29 is 0 Å². The van der Waals surface area contributed by atoms with E-state index in [1.165, 1.54) is 27.6 Å². The van der Waals surface area contributed by atoms with E-state index >= 15 is 0 Å². The van der Waals surface area contributed by atoms with Gasteiger partial charge in [0, 0.05) is 21.2 Å². The molecule has 30 heavy (non-hydrogen) atoms. The Hall–Kier alpha value is -3.36. The maximum atomic E-state index is 3.73. The van der Waals surface area contributed by atoms with Gasteiger partial charge in [-0.3, -0.25) is 0 Å². The molecule has 0 aliphatic rings. The molecule has 2 heteroatoms. The summed E-state index contributed by atoms with van der Waals surface area (Å²) in [5.41, 5.74) is 5.87. The van der Waals surface area contributed by atoms with Crippen LogP contribution in [0.15, 0.2) is 126 Å². The first-order valence-corrected chi connectivity index (χ1v) is 10.8. The Labute approximate surface area is 185 Å². The summed E-state index contributed by atoms with van der Waals surface area (Å²) in [5, 5.41) is 2.46. The van der Waals surface area contributed by atoms with Gasteiger partial charge in [-0.05, 0) is 52.9 Å². The number of anilines is 3. The lowest BCUT2D eigenvalue weighted by atomic mass is 9.96. The highest BCUT2D eigenvalue weighted by molar-refractivity contribution is 9.10. The van der Waals surface area contributed by atoms with Crippen LogP contribution in [0.2, 0.25) is 0 Å². The second-order valence-corrected chi connectivity index (χ2v) is 8.02. The average molecular weight is 450 g/mol. The van der Waals surface area contributed by atoms with Crippen molar-refractivity contribution in [3.8, 4) is 11.1 Å². The minimum absolute atomic E-state index is 1.10. The summed E-state index contributed by atoms with van der Waals surface area (Å²) in [5.74, 6) is 0. The molecule has 5 aromatic rings. The lowest BCUT2D eigenvalue weighted by molar-refractivity contribution is 1.30. The monoisotopic (exact) mass is 449 g/mol. The summed E-state index contributed by atoms with van der Waals surface area (Å²) in [6, 6.07) is 42.6. The highest BCUT2D eigenvalue weighted by Gasteiger charge is 2.17. The topological polar surface area (TPSA) is 3.24 Å². The van der Waals surface area contributed by atoms with Crippen molar-refractivity contribution in [2.24, 2.45) is 0 Å². The molecule has 0 aliphatic heterocycles. The van der Waals surface area contributed by atoms with Crippen LogP contribution in [-0.4, -0.2) is 0 Å². The summed E-state index contributed by atoms with van der Waals surface area (Å²) in [6.45, 7) is 0. The third-order valence-corrected chi connectivity index (χ3v) is 6.03. The second-order valence-electron chi connectivity index (χ2n) is 7.16. The lowest BCUT2D eigenvalue weighted by Gasteiger charge is -2.27. The van der Waals surface area contributed by atoms with Gasteiger partial charge in [-0.25, -0.2) is 0 Å². The zero-order valence-electron chi connectivity index (χ0n) is 16.4. The smallest absolute Gasteiger partial charge is 0.0540 e. The SMILES string of the molecule is Brc1ccccc1-c1ccc(N(c2ccccc2)c2ccccc2)c2ccccc12. The second kappa shape index (κ2) is 8.17. The first-order chi connectivity index (χ1) is 14.8. The van der Waals surface area contributed by atoms with E-state index in [9.17, 15) is 0 Å². The molecule has 0 heterocycles. The molecule has 5 aromatic carbocycles. The van der Waals surface area contributed by atoms with E-state index in [1.807, 2.05) is 0 Å². The van der Waals surface area contributed by atoms with Gasteiger partial charge in [-0.2, -0.15) is 0 Å². The predicted molar refractivity (Wildman–Crippen MR) is 132 cm³/mol. The van der Waals surface area contributed by atoms with E-state index in [0.717, 1.165) is 15.8 Å². The van der Waals surface area contributed by atoms with Gasteiger partial charge in [-0.15, -0.1) is 0 Å². The number of rotatable bonds is 4. The van der Waals surface area contributed by atoms with Crippen LogP contribution in [-0.2, 0) is 0 Å². The molecule has 0 aromatic heterocycles. The molecule has 0 fully saturated rings. The molecular weight excluding hydrogens is 430 g/mol. The highest BCUT2D eigenvalue weighted by atomic mass is 79.9. The third kappa shape index (κ3) is 3.40. The zero-order chi connectivity index (χ0) is 20.3. The van der Waals surface area contributed by atoms with Gasteiger partial charge in [0.15, 0.2) is 0 Å². The van der Waals surface area contributed by atoms with Crippen LogP contribution >= 0.6 is 15.9 Å². The number of fused-ring (bicyclic) bond motifs is 1.